The Labute approximate surface area is 156 Å². The average molecular weight is 394 g/mol. The third-order valence-electron chi connectivity index (χ3n) is 3.38. The SMILES string of the molecule is CCCCCCc1ccc(C#CSc2ccccc2)cc1.F.F.F.F.F. The lowest BCUT2D eigenvalue weighted by atomic mass is 10.0. The smallest absolute Gasteiger partial charge is 0.0254 e. The van der Waals surface area contributed by atoms with Crippen LogP contribution in [0.5, 0.6) is 0 Å². The van der Waals surface area contributed by atoms with Gasteiger partial charge in [-0.3, -0.25) is 23.5 Å². The Hall–Kier alpha value is -2.00. The Bertz CT molecular complexity index is 591. The standard InChI is InChI=1S/C20H22S.5FH/c1-2-3-4-6-9-18-12-14-19(15-13-18)16-17-21-20-10-7-5-8-11-20;;;;;/h5,7-8,10-15H,2-4,6,9H2,1H3;5*1H. The largest absolute Gasteiger partial charge is 0.269 e. The van der Waals surface area contributed by atoms with Gasteiger partial charge in [0.25, 0.3) is 0 Å². The molecule has 2 aromatic rings. The fourth-order valence-electron chi connectivity index (χ4n) is 2.14. The minimum absolute atomic E-state index is 0. The van der Waals surface area contributed by atoms with E-state index >= 15 is 0 Å². The van der Waals surface area contributed by atoms with E-state index in [2.05, 4.69) is 54.5 Å². The van der Waals surface area contributed by atoms with Crippen LogP contribution in [0, 0.1) is 11.2 Å². The second kappa shape index (κ2) is 19.3. The van der Waals surface area contributed by atoms with Crippen LogP contribution < -0.4 is 0 Å². The molecule has 0 aliphatic rings. The summed E-state index contributed by atoms with van der Waals surface area (Å²) in [5.41, 5.74) is 2.52. The molecule has 26 heavy (non-hydrogen) atoms. The molecule has 148 valence electrons. The Morgan fingerprint density at radius 2 is 1.35 bits per heavy atom. The minimum Gasteiger partial charge on any atom is -0.269 e. The minimum atomic E-state index is 0. The van der Waals surface area contributed by atoms with Gasteiger partial charge in [0.1, 0.15) is 0 Å². The highest BCUT2D eigenvalue weighted by atomic mass is 32.2. The quantitative estimate of drug-likeness (QED) is 0.228. The Kier molecular flexibility index (Phi) is 23.6. The summed E-state index contributed by atoms with van der Waals surface area (Å²) in [6.45, 7) is 2.25. The molecular weight excluding hydrogens is 367 g/mol. The normalized spacial score (nSPS) is 8.04. The number of benzene rings is 2. The molecule has 0 saturated carbocycles. The second-order valence-corrected chi connectivity index (χ2v) is 6.03. The van der Waals surface area contributed by atoms with Gasteiger partial charge >= 0.3 is 0 Å². The van der Waals surface area contributed by atoms with E-state index in [-0.39, 0.29) is 23.5 Å². The van der Waals surface area contributed by atoms with Crippen molar-refractivity contribution in [2.75, 3.05) is 0 Å². The number of hydrogen-bond donors (Lipinski definition) is 0. The molecule has 0 amide bonds. The van der Waals surface area contributed by atoms with Gasteiger partial charge in [-0.1, -0.05) is 62.4 Å². The third kappa shape index (κ3) is 12.4. The molecule has 0 bridgehead atoms. The molecule has 0 aromatic heterocycles. The maximum Gasteiger partial charge on any atom is 0.0254 e. The predicted molar refractivity (Wildman–Crippen MR) is 106 cm³/mol. The molecule has 0 heterocycles. The molecule has 0 aliphatic heterocycles. The van der Waals surface area contributed by atoms with Gasteiger partial charge in [0.2, 0.25) is 0 Å². The van der Waals surface area contributed by atoms with Crippen LogP contribution in [0.4, 0.5) is 23.5 Å². The zero-order valence-corrected chi connectivity index (χ0v) is 15.5. The molecule has 0 aliphatic carbocycles. The summed E-state index contributed by atoms with van der Waals surface area (Å²) in [5.74, 6) is 3.21. The van der Waals surface area contributed by atoms with Crippen molar-refractivity contribution < 1.29 is 23.5 Å². The lowest BCUT2D eigenvalue weighted by Gasteiger charge is -2.01. The Morgan fingerprint density at radius 3 is 1.92 bits per heavy atom. The molecule has 0 radical (unpaired) electrons. The topological polar surface area (TPSA) is 0 Å². The summed E-state index contributed by atoms with van der Waals surface area (Å²) in [4.78, 5) is 1.19. The van der Waals surface area contributed by atoms with Gasteiger partial charge in [-0.15, -0.1) is 0 Å². The molecule has 0 N–H and O–H groups in total. The van der Waals surface area contributed by atoms with Gasteiger partial charge in [0, 0.05) is 10.5 Å². The zero-order valence-electron chi connectivity index (χ0n) is 14.7. The lowest BCUT2D eigenvalue weighted by Crippen LogP contribution is -1.86. The van der Waals surface area contributed by atoms with Crippen molar-refractivity contribution in [3.8, 4) is 11.2 Å². The van der Waals surface area contributed by atoms with Crippen LogP contribution in [0.15, 0.2) is 59.5 Å². The maximum absolute atomic E-state index is 3.21. The summed E-state index contributed by atoms with van der Waals surface area (Å²) in [6.07, 6.45) is 6.47. The Morgan fingerprint density at radius 1 is 0.731 bits per heavy atom. The summed E-state index contributed by atoms with van der Waals surface area (Å²) in [7, 11) is 0. The molecule has 0 spiro atoms. The first-order valence-electron chi connectivity index (χ1n) is 7.70. The van der Waals surface area contributed by atoms with Crippen LogP contribution in [0.2, 0.25) is 0 Å². The number of halogens is 5. The van der Waals surface area contributed by atoms with Crippen molar-refractivity contribution in [3.05, 3.63) is 65.7 Å². The first-order valence-corrected chi connectivity index (χ1v) is 8.52. The third-order valence-corrected chi connectivity index (χ3v) is 4.09. The zero-order chi connectivity index (χ0) is 14.8. The average Bonchev–Trinajstić information content (AvgIpc) is 2.54. The lowest BCUT2D eigenvalue weighted by molar-refractivity contribution is 0.667. The van der Waals surface area contributed by atoms with E-state index in [1.807, 2.05) is 18.2 Å². The van der Waals surface area contributed by atoms with Crippen LogP contribution in [-0.4, -0.2) is 0 Å². The van der Waals surface area contributed by atoms with Gasteiger partial charge < -0.3 is 0 Å². The monoisotopic (exact) mass is 394 g/mol. The highest BCUT2D eigenvalue weighted by molar-refractivity contribution is 8.03. The molecular formula is C20H27F5S. The van der Waals surface area contributed by atoms with Crippen molar-refractivity contribution in [3.63, 3.8) is 0 Å². The van der Waals surface area contributed by atoms with Gasteiger partial charge in [0.15, 0.2) is 0 Å². The Balaban J connectivity index is -0.000000484. The molecule has 2 rings (SSSR count). The maximum atomic E-state index is 3.21. The van der Waals surface area contributed by atoms with Crippen LogP contribution in [0.1, 0.15) is 43.7 Å². The van der Waals surface area contributed by atoms with Crippen molar-refractivity contribution in [1.82, 2.24) is 0 Å². The van der Waals surface area contributed by atoms with Gasteiger partial charge in [-0.2, -0.15) is 0 Å². The van der Waals surface area contributed by atoms with E-state index in [1.54, 1.807) is 11.8 Å². The molecule has 2 aromatic carbocycles. The van der Waals surface area contributed by atoms with Crippen molar-refractivity contribution >= 4 is 11.8 Å². The molecule has 0 nitrogen and oxygen atoms in total. The van der Waals surface area contributed by atoms with Crippen LogP contribution >= 0.6 is 11.8 Å². The van der Waals surface area contributed by atoms with Crippen molar-refractivity contribution in [2.45, 2.75) is 43.9 Å². The van der Waals surface area contributed by atoms with E-state index in [9.17, 15) is 0 Å². The van der Waals surface area contributed by atoms with Crippen molar-refractivity contribution in [2.24, 2.45) is 0 Å². The fraction of sp³-hybridized carbons (Fsp3) is 0.300. The number of rotatable bonds is 6. The molecule has 0 saturated heterocycles. The number of unbranched alkanes of at least 4 members (excludes halogenated alkanes) is 3. The summed E-state index contributed by atoms with van der Waals surface area (Å²) in [6, 6.07) is 19.0. The van der Waals surface area contributed by atoms with E-state index in [0.29, 0.717) is 0 Å². The fourth-order valence-corrected chi connectivity index (χ4v) is 2.72. The predicted octanol–water partition coefficient (Wildman–Crippen LogP) is 6.67. The van der Waals surface area contributed by atoms with E-state index < -0.39 is 0 Å². The molecule has 0 fully saturated rings. The summed E-state index contributed by atoms with van der Waals surface area (Å²) >= 11 is 1.58. The van der Waals surface area contributed by atoms with Crippen LogP contribution in [0.3, 0.4) is 0 Å². The van der Waals surface area contributed by atoms with Gasteiger partial charge in [-0.25, -0.2) is 0 Å². The second-order valence-electron chi connectivity index (χ2n) is 5.15. The highest BCUT2D eigenvalue weighted by Crippen LogP contribution is 2.15. The molecule has 6 heteroatoms. The van der Waals surface area contributed by atoms with Gasteiger partial charge in [0.05, 0.1) is 0 Å². The first-order chi connectivity index (χ1) is 10.4. The summed E-state index contributed by atoms with van der Waals surface area (Å²) in [5, 5.41) is 3.16. The molecule has 0 unspecified atom stereocenters. The van der Waals surface area contributed by atoms with Crippen molar-refractivity contribution in [1.29, 1.82) is 0 Å². The number of aryl methyl sites for hydroxylation is 1. The molecule has 0 atom stereocenters. The van der Waals surface area contributed by atoms with E-state index in [0.717, 1.165) is 5.56 Å². The number of thioether (sulfide) groups is 1. The van der Waals surface area contributed by atoms with E-state index in [1.165, 1.54) is 42.6 Å². The number of hydrogen-bond acceptors (Lipinski definition) is 1. The van der Waals surface area contributed by atoms with Crippen LogP contribution in [0.25, 0.3) is 0 Å². The first kappa shape index (κ1) is 31.7. The van der Waals surface area contributed by atoms with Crippen LogP contribution in [-0.2, 0) is 6.42 Å². The summed E-state index contributed by atoms with van der Waals surface area (Å²) < 4.78 is 0. The van der Waals surface area contributed by atoms with Gasteiger partial charge in [-0.05, 0) is 59.7 Å². The highest BCUT2D eigenvalue weighted by Gasteiger charge is 1.94. The van der Waals surface area contributed by atoms with E-state index in [4.69, 9.17) is 0 Å².